The number of nitrogens with one attached hydrogen (secondary N) is 1. The molecule has 1 aromatic carbocycles. The van der Waals surface area contributed by atoms with Gasteiger partial charge in [0.2, 0.25) is 11.8 Å². The first kappa shape index (κ1) is 17.3. The van der Waals surface area contributed by atoms with Crippen molar-refractivity contribution in [2.45, 2.75) is 25.4 Å². The first-order valence-corrected chi connectivity index (χ1v) is 7.51. The molecule has 1 atom stereocenters. The van der Waals surface area contributed by atoms with Crippen LogP contribution in [-0.2, 0) is 16.0 Å². The first-order valence-electron chi connectivity index (χ1n) is 7.51. The van der Waals surface area contributed by atoms with E-state index in [9.17, 15) is 22.8 Å². The molecule has 7 heteroatoms. The first-order chi connectivity index (χ1) is 10.9. The molecule has 0 aliphatic carbocycles. The van der Waals surface area contributed by atoms with E-state index in [0.29, 0.717) is 13.0 Å². The van der Waals surface area contributed by atoms with Crippen molar-refractivity contribution >= 4 is 11.8 Å². The van der Waals surface area contributed by atoms with E-state index in [2.05, 4.69) is 5.32 Å². The number of nitrogens with zero attached hydrogens (tertiary/aromatic N) is 1. The number of carbonyl (C=O) groups excluding carboxylic acids is 2. The minimum absolute atomic E-state index is 0.0493. The van der Waals surface area contributed by atoms with Crippen molar-refractivity contribution in [3.05, 3.63) is 35.9 Å². The van der Waals surface area contributed by atoms with Crippen LogP contribution in [-0.4, -0.2) is 42.5 Å². The van der Waals surface area contributed by atoms with Crippen LogP contribution in [0, 0.1) is 5.92 Å². The third-order valence-electron chi connectivity index (χ3n) is 3.88. The number of hydrogen-bond acceptors (Lipinski definition) is 2. The van der Waals surface area contributed by atoms with Gasteiger partial charge < -0.3 is 10.2 Å². The van der Waals surface area contributed by atoms with E-state index in [1.807, 2.05) is 6.07 Å². The second-order valence-electron chi connectivity index (χ2n) is 5.66. The molecule has 0 saturated carbocycles. The van der Waals surface area contributed by atoms with Crippen LogP contribution < -0.4 is 5.32 Å². The van der Waals surface area contributed by atoms with Gasteiger partial charge in [0, 0.05) is 13.1 Å². The maximum atomic E-state index is 12.7. The monoisotopic (exact) mass is 328 g/mol. The van der Waals surface area contributed by atoms with E-state index in [0.717, 1.165) is 5.56 Å². The van der Waals surface area contributed by atoms with Gasteiger partial charge >= 0.3 is 6.18 Å². The van der Waals surface area contributed by atoms with Crippen LogP contribution in [0.5, 0.6) is 0 Å². The fourth-order valence-electron chi connectivity index (χ4n) is 2.60. The van der Waals surface area contributed by atoms with Crippen LogP contribution in [0.1, 0.15) is 18.4 Å². The third-order valence-corrected chi connectivity index (χ3v) is 3.88. The number of likely N-dealkylation sites (tertiary alicyclic amines) is 1. The molecule has 1 N–H and O–H groups in total. The van der Waals surface area contributed by atoms with Gasteiger partial charge in [-0.15, -0.1) is 0 Å². The molecular formula is C16H19F3N2O2. The summed E-state index contributed by atoms with van der Waals surface area (Å²) in [5, 5.41) is 2.47. The van der Waals surface area contributed by atoms with Crippen molar-refractivity contribution in [2.24, 2.45) is 5.92 Å². The lowest BCUT2D eigenvalue weighted by atomic mass is 9.97. The Bertz CT molecular complexity index is 546. The molecule has 0 bridgehead atoms. The summed E-state index contributed by atoms with van der Waals surface area (Å²) >= 11 is 0. The lowest BCUT2D eigenvalue weighted by Crippen LogP contribution is -2.48. The number of carbonyl (C=O) groups is 2. The van der Waals surface area contributed by atoms with Crippen LogP contribution in [0.25, 0.3) is 0 Å². The third kappa shape index (κ3) is 5.26. The van der Waals surface area contributed by atoms with Gasteiger partial charge in [0.15, 0.2) is 0 Å². The zero-order valence-corrected chi connectivity index (χ0v) is 12.6. The van der Waals surface area contributed by atoms with Gasteiger partial charge in [-0.25, -0.2) is 0 Å². The molecule has 0 radical (unpaired) electrons. The minimum atomic E-state index is -4.28. The van der Waals surface area contributed by atoms with Gasteiger partial charge in [0.25, 0.3) is 0 Å². The van der Waals surface area contributed by atoms with E-state index in [4.69, 9.17) is 0 Å². The summed E-state index contributed by atoms with van der Waals surface area (Å²) in [5.74, 6) is -2.27. The quantitative estimate of drug-likeness (QED) is 0.921. The molecule has 1 aromatic rings. The summed E-state index contributed by atoms with van der Waals surface area (Å²) in [6.45, 7) is -0.285. The number of hydrogen-bond donors (Lipinski definition) is 1. The average Bonchev–Trinajstić information content (AvgIpc) is 2.53. The predicted octanol–water partition coefficient (Wildman–Crippen LogP) is 2.15. The van der Waals surface area contributed by atoms with Crippen molar-refractivity contribution in [1.29, 1.82) is 0 Å². The Hall–Kier alpha value is -2.05. The van der Waals surface area contributed by atoms with Crippen LogP contribution >= 0.6 is 0 Å². The molecule has 126 valence electrons. The van der Waals surface area contributed by atoms with Gasteiger partial charge in [-0.1, -0.05) is 30.3 Å². The number of rotatable bonds is 4. The van der Waals surface area contributed by atoms with E-state index in [1.54, 1.807) is 24.3 Å². The smallest absolute Gasteiger partial charge is 0.347 e. The summed E-state index contributed by atoms with van der Waals surface area (Å²) in [7, 11) is 0. The molecule has 23 heavy (non-hydrogen) atoms. The van der Waals surface area contributed by atoms with E-state index < -0.39 is 18.0 Å². The molecule has 0 aromatic heterocycles. The molecule has 1 heterocycles. The fraction of sp³-hybridized carbons (Fsp3) is 0.500. The van der Waals surface area contributed by atoms with Crippen LogP contribution in [0.2, 0.25) is 0 Å². The van der Waals surface area contributed by atoms with E-state index in [1.165, 1.54) is 4.90 Å². The van der Waals surface area contributed by atoms with Gasteiger partial charge in [0.05, 0.1) is 18.9 Å². The standard InChI is InChI=1S/C16H19F3N2O2/c17-16(18,19)13-7-4-8-21(11-13)15(23)10-20-14(22)9-12-5-2-1-3-6-12/h1-3,5-6,13H,4,7-11H2,(H,20,22)/t13-/m0/s1. The zero-order valence-electron chi connectivity index (χ0n) is 12.6. The van der Waals surface area contributed by atoms with Crippen LogP contribution in [0.3, 0.4) is 0 Å². The van der Waals surface area contributed by atoms with Crippen molar-refractivity contribution in [2.75, 3.05) is 19.6 Å². The number of halogens is 3. The highest BCUT2D eigenvalue weighted by atomic mass is 19.4. The van der Waals surface area contributed by atoms with Gasteiger partial charge in [-0.3, -0.25) is 9.59 Å². The second kappa shape index (κ2) is 7.48. The average molecular weight is 328 g/mol. The predicted molar refractivity (Wildman–Crippen MR) is 78.5 cm³/mol. The maximum absolute atomic E-state index is 12.7. The molecule has 0 spiro atoms. The molecule has 1 fully saturated rings. The molecule has 1 saturated heterocycles. The van der Waals surface area contributed by atoms with E-state index >= 15 is 0 Å². The van der Waals surface area contributed by atoms with Crippen LogP contribution in [0.15, 0.2) is 30.3 Å². The Kier molecular flexibility index (Phi) is 5.63. The molecule has 1 aliphatic rings. The Labute approximate surface area is 132 Å². The summed E-state index contributed by atoms with van der Waals surface area (Å²) < 4.78 is 38.2. The molecule has 2 amide bonds. The second-order valence-corrected chi connectivity index (χ2v) is 5.66. The Morgan fingerprint density at radius 1 is 1.22 bits per heavy atom. The van der Waals surface area contributed by atoms with Crippen LogP contribution in [0.4, 0.5) is 13.2 Å². The fourth-order valence-corrected chi connectivity index (χ4v) is 2.60. The lowest BCUT2D eigenvalue weighted by molar-refractivity contribution is -0.188. The van der Waals surface area contributed by atoms with E-state index in [-0.39, 0.29) is 31.8 Å². The number of amides is 2. The van der Waals surface area contributed by atoms with Crippen molar-refractivity contribution in [3.63, 3.8) is 0 Å². The largest absolute Gasteiger partial charge is 0.393 e. The number of piperidine rings is 1. The highest BCUT2D eigenvalue weighted by Crippen LogP contribution is 2.32. The zero-order chi connectivity index (χ0) is 16.9. The minimum Gasteiger partial charge on any atom is -0.347 e. The van der Waals surface area contributed by atoms with Gasteiger partial charge in [-0.05, 0) is 18.4 Å². The normalized spacial score (nSPS) is 18.6. The molecule has 1 aliphatic heterocycles. The summed E-state index contributed by atoms with van der Waals surface area (Å²) in [5.41, 5.74) is 0.813. The SMILES string of the molecule is O=C(Cc1ccccc1)NCC(=O)N1CCC[C@H](C(F)(F)F)C1. The Balaban J connectivity index is 1.79. The number of alkyl halides is 3. The maximum Gasteiger partial charge on any atom is 0.393 e. The number of benzene rings is 1. The summed E-state index contributed by atoms with van der Waals surface area (Å²) in [6.07, 6.45) is -3.77. The van der Waals surface area contributed by atoms with Crippen molar-refractivity contribution in [1.82, 2.24) is 10.2 Å². The topological polar surface area (TPSA) is 49.4 Å². The Morgan fingerprint density at radius 2 is 1.91 bits per heavy atom. The summed E-state index contributed by atoms with van der Waals surface area (Å²) in [6, 6.07) is 9.02. The van der Waals surface area contributed by atoms with Crippen molar-refractivity contribution in [3.8, 4) is 0 Å². The molecular weight excluding hydrogens is 309 g/mol. The van der Waals surface area contributed by atoms with Gasteiger partial charge in [0.1, 0.15) is 0 Å². The van der Waals surface area contributed by atoms with Gasteiger partial charge in [-0.2, -0.15) is 13.2 Å². The summed E-state index contributed by atoms with van der Waals surface area (Å²) in [4.78, 5) is 24.9. The molecule has 2 rings (SSSR count). The highest BCUT2D eigenvalue weighted by molar-refractivity contribution is 5.85. The molecule has 4 nitrogen and oxygen atoms in total. The van der Waals surface area contributed by atoms with Crippen molar-refractivity contribution < 1.29 is 22.8 Å². The highest BCUT2D eigenvalue weighted by Gasteiger charge is 2.42. The lowest BCUT2D eigenvalue weighted by Gasteiger charge is -2.33. The molecule has 0 unspecified atom stereocenters. The Morgan fingerprint density at radius 3 is 2.57 bits per heavy atom.